The van der Waals surface area contributed by atoms with Crippen molar-refractivity contribution in [1.29, 1.82) is 0 Å². The van der Waals surface area contributed by atoms with Gasteiger partial charge in [-0.15, -0.1) is 0 Å². The molecule has 0 radical (unpaired) electrons. The van der Waals surface area contributed by atoms with E-state index in [0.29, 0.717) is 0 Å². The molecule has 4 heteroatoms. The third kappa shape index (κ3) is 7.45. The van der Waals surface area contributed by atoms with Crippen molar-refractivity contribution in [2.45, 2.75) is 52.4 Å². The van der Waals surface area contributed by atoms with Crippen LogP contribution in [-0.4, -0.2) is 11.7 Å². The summed E-state index contributed by atoms with van der Waals surface area (Å²) in [6, 6.07) is 86.6. The maximum Gasteiger partial charge on any atom is 0.252 e. The molecule has 2 aliphatic rings. The van der Waals surface area contributed by atoms with Gasteiger partial charge in [0.1, 0.15) is 0 Å². The van der Waals surface area contributed by atoms with Crippen molar-refractivity contribution in [3.8, 4) is 33.6 Å². The van der Waals surface area contributed by atoms with Crippen LogP contribution in [0.3, 0.4) is 0 Å². The molecule has 0 amide bonds. The quantitative estimate of drug-likeness (QED) is 0.127. The number of pyridine rings is 1. The van der Waals surface area contributed by atoms with Crippen molar-refractivity contribution in [3.05, 3.63) is 242 Å². The molecule has 2 aliphatic heterocycles. The second-order valence-corrected chi connectivity index (χ2v) is 22.8. The third-order valence-corrected chi connectivity index (χ3v) is 16.0. The number of benzene rings is 11. The number of aromatic nitrogens is 1. The van der Waals surface area contributed by atoms with Crippen LogP contribution in [0.2, 0.25) is 0 Å². The Morgan fingerprint density at radius 3 is 1.11 bits per heavy atom. The molecular formula is C71H56BN3. The SMILES string of the molecule is CC(C)(C)c1ccc(N2c3cc(-c4cc(-c5ccccc5)nc(-c5ccccc5)c4)cc4c3B(c3ccc5cc6ccccc6cc5c32)c2ccc3cc5ccccc5cc3c2N4c2ccc(C(C)(C)C)cc2)cc1. The number of fused-ring (bicyclic) bond motifs is 10. The Morgan fingerprint density at radius 1 is 0.333 bits per heavy atom. The van der Waals surface area contributed by atoms with Gasteiger partial charge in [-0.25, -0.2) is 4.98 Å². The van der Waals surface area contributed by atoms with Gasteiger partial charge in [0.2, 0.25) is 0 Å². The van der Waals surface area contributed by atoms with Crippen LogP contribution in [0.15, 0.2) is 231 Å². The first-order valence-corrected chi connectivity index (χ1v) is 26.5. The summed E-state index contributed by atoms with van der Waals surface area (Å²) in [5.74, 6) is 0. The van der Waals surface area contributed by atoms with Crippen molar-refractivity contribution < 1.29 is 0 Å². The standard InChI is InChI=1S/C71H56BN3/c1-70(2,3)55-27-31-57(32-28-55)74-65-43-54(53-41-63(45-17-9-7-10-18-45)73-64(42-53)46-19-11-8-12-20-46)44-66-67(65)72(61-35-25-51-37-47-21-13-15-23-49(47)39-59(51)68(61)74)62-36-26-52-38-48-22-14-16-24-50(48)40-60(52)69(62)75(66)58-33-29-56(30-34-58)71(4,5)6/h7-44H,1-6H3. The first-order chi connectivity index (χ1) is 36.4. The minimum Gasteiger partial charge on any atom is -0.311 e. The summed E-state index contributed by atoms with van der Waals surface area (Å²) in [7, 11) is 0. The molecule has 0 aliphatic carbocycles. The molecule has 0 fully saturated rings. The van der Waals surface area contributed by atoms with E-state index >= 15 is 0 Å². The average Bonchev–Trinajstić information content (AvgIpc) is 3.44. The van der Waals surface area contributed by atoms with Gasteiger partial charge in [0.15, 0.2) is 0 Å². The molecule has 3 heterocycles. The highest BCUT2D eigenvalue weighted by atomic mass is 15.2. The van der Waals surface area contributed by atoms with Crippen LogP contribution in [0.25, 0.3) is 76.7 Å². The van der Waals surface area contributed by atoms with Crippen LogP contribution >= 0.6 is 0 Å². The van der Waals surface area contributed by atoms with Gasteiger partial charge in [-0.2, -0.15) is 0 Å². The molecule has 0 bridgehead atoms. The molecule has 1 aromatic heterocycles. The summed E-state index contributed by atoms with van der Waals surface area (Å²) >= 11 is 0. The summed E-state index contributed by atoms with van der Waals surface area (Å²) < 4.78 is 0. The predicted molar refractivity (Wildman–Crippen MR) is 322 cm³/mol. The molecule has 12 aromatic rings. The average molecular weight is 962 g/mol. The Bertz CT molecular complexity index is 3980. The highest BCUT2D eigenvalue weighted by Gasteiger charge is 2.45. The maximum absolute atomic E-state index is 5.39. The molecular weight excluding hydrogens is 906 g/mol. The monoisotopic (exact) mass is 961 g/mol. The first kappa shape index (κ1) is 44.9. The molecule has 0 unspecified atom stereocenters. The fourth-order valence-corrected chi connectivity index (χ4v) is 12.1. The van der Waals surface area contributed by atoms with Crippen LogP contribution in [0.4, 0.5) is 34.1 Å². The van der Waals surface area contributed by atoms with Gasteiger partial charge in [-0.1, -0.05) is 199 Å². The zero-order chi connectivity index (χ0) is 50.7. The Hall–Kier alpha value is -8.73. The Kier molecular flexibility index (Phi) is 10.1. The number of rotatable bonds is 5. The minimum atomic E-state index is -0.0896. The molecule has 3 nitrogen and oxygen atoms in total. The van der Waals surface area contributed by atoms with Gasteiger partial charge in [0, 0.05) is 56.0 Å². The maximum atomic E-state index is 5.39. The highest BCUT2D eigenvalue weighted by Crippen LogP contribution is 2.50. The second-order valence-electron chi connectivity index (χ2n) is 22.8. The fourth-order valence-electron chi connectivity index (χ4n) is 12.1. The molecule has 0 N–H and O–H groups in total. The smallest absolute Gasteiger partial charge is 0.252 e. The van der Waals surface area contributed by atoms with E-state index in [0.717, 1.165) is 45.0 Å². The number of hydrogen-bond acceptors (Lipinski definition) is 3. The van der Waals surface area contributed by atoms with Gasteiger partial charge in [-0.3, -0.25) is 0 Å². The largest absolute Gasteiger partial charge is 0.311 e. The second kappa shape index (κ2) is 16.9. The van der Waals surface area contributed by atoms with Gasteiger partial charge in [-0.05, 0) is 155 Å². The first-order valence-electron chi connectivity index (χ1n) is 26.5. The van der Waals surface area contributed by atoms with Crippen LogP contribution < -0.4 is 26.2 Å². The number of hydrogen-bond donors (Lipinski definition) is 0. The predicted octanol–water partition coefficient (Wildman–Crippen LogP) is 17.4. The molecule has 0 spiro atoms. The Labute approximate surface area is 440 Å². The summed E-state index contributed by atoms with van der Waals surface area (Å²) in [6.07, 6.45) is 0. The van der Waals surface area contributed by atoms with Crippen LogP contribution in [0, 0.1) is 0 Å². The van der Waals surface area contributed by atoms with Crippen molar-refractivity contribution >= 4 is 100 Å². The van der Waals surface area contributed by atoms with Gasteiger partial charge in [0.25, 0.3) is 6.71 Å². The van der Waals surface area contributed by atoms with Crippen LogP contribution in [-0.2, 0) is 10.8 Å². The summed E-state index contributed by atoms with van der Waals surface area (Å²) in [4.78, 5) is 10.6. The van der Waals surface area contributed by atoms with E-state index in [1.165, 1.54) is 93.4 Å². The zero-order valence-corrected chi connectivity index (χ0v) is 43.4. The van der Waals surface area contributed by atoms with Crippen molar-refractivity contribution in [3.63, 3.8) is 0 Å². The lowest BCUT2D eigenvalue weighted by Gasteiger charge is -2.45. The van der Waals surface area contributed by atoms with E-state index in [9.17, 15) is 0 Å². The van der Waals surface area contributed by atoms with Gasteiger partial charge in [0.05, 0.1) is 11.4 Å². The lowest BCUT2D eigenvalue weighted by atomic mass is 9.33. The van der Waals surface area contributed by atoms with E-state index in [4.69, 9.17) is 4.98 Å². The number of nitrogens with zero attached hydrogens (tertiary/aromatic N) is 3. The third-order valence-electron chi connectivity index (χ3n) is 16.0. The molecule has 0 saturated heterocycles. The minimum absolute atomic E-state index is 0.0107. The fraction of sp³-hybridized carbons (Fsp3) is 0.113. The summed E-state index contributed by atoms with van der Waals surface area (Å²) in [6.45, 7) is 13.7. The lowest BCUT2D eigenvalue weighted by molar-refractivity contribution is 0.590. The Balaban J connectivity index is 1.14. The summed E-state index contributed by atoms with van der Waals surface area (Å²) in [5.41, 5.74) is 19.8. The van der Waals surface area contributed by atoms with Crippen LogP contribution in [0.5, 0.6) is 0 Å². The number of anilines is 6. The van der Waals surface area contributed by atoms with E-state index in [-0.39, 0.29) is 17.5 Å². The topological polar surface area (TPSA) is 19.4 Å². The summed E-state index contributed by atoms with van der Waals surface area (Å²) in [5, 5.41) is 9.85. The van der Waals surface area contributed by atoms with Gasteiger partial charge < -0.3 is 9.80 Å². The van der Waals surface area contributed by atoms with Crippen molar-refractivity contribution in [2.24, 2.45) is 0 Å². The highest BCUT2D eigenvalue weighted by molar-refractivity contribution is 7.00. The molecule has 14 rings (SSSR count). The van der Waals surface area contributed by atoms with E-state index < -0.39 is 0 Å². The van der Waals surface area contributed by atoms with Gasteiger partial charge >= 0.3 is 0 Å². The normalized spacial score (nSPS) is 13.1. The van der Waals surface area contributed by atoms with Crippen LogP contribution in [0.1, 0.15) is 52.7 Å². The molecule has 75 heavy (non-hydrogen) atoms. The van der Waals surface area contributed by atoms with Crippen molar-refractivity contribution in [1.82, 2.24) is 4.98 Å². The van der Waals surface area contributed by atoms with Crippen molar-refractivity contribution in [2.75, 3.05) is 9.80 Å². The Morgan fingerprint density at radius 2 is 0.707 bits per heavy atom. The molecule has 0 atom stereocenters. The van der Waals surface area contributed by atoms with E-state index in [2.05, 4.69) is 282 Å². The lowest BCUT2D eigenvalue weighted by Crippen LogP contribution is -2.61. The van der Waals surface area contributed by atoms with E-state index in [1.807, 2.05) is 0 Å². The molecule has 11 aromatic carbocycles. The molecule has 0 saturated carbocycles. The zero-order valence-electron chi connectivity index (χ0n) is 43.4. The van der Waals surface area contributed by atoms with E-state index in [1.54, 1.807) is 0 Å². The molecule has 358 valence electrons.